The molecule has 2 aliphatic carbocycles. The summed E-state index contributed by atoms with van der Waals surface area (Å²) in [5.41, 5.74) is 3.26. The molecule has 1 N–H and O–H groups in total. The minimum absolute atomic E-state index is 0.0714. The summed E-state index contributed by atoms with van der Waals surface area (Å²) in [4.78, 5) is 20.0. The predicted molar refractivity (Wildman–Crippen MR) is 127 cm³/mol. The molecule has 0 saturated heterocycles. The molecule has 34 heavy (non-hydrogen) atoms. The number of hydrogen-bond donors (Lipinski definition) is 1. The number of methoxy groups -OCH3 is 1. The largest absolute Gasteiger partial charge is 0.497 e. The molecule has 2 aliphatic rings. The van der Waals surface area contributed by atoms with Crippen molar-refractivity contribution in [3.63, 3.8) is 0 Å². The van der Waals surface area contributed by atoms with E-state index in [2.05, 4.69) is 4.98 Å². The Balaban J connectivity index is 0.000000846. The molecule has 7 heteroatoms. The van der Waals surface area contributed by atoms with E-state index in [9.17, 15) is 9.18 Å². The molecule has 3 aromatic rings. The number of nitrogens with zero attached hydrogens (tertiary/aromatic N) is 2. The Morgan fingerprint density at radius 3 is 2.59 bits per heavy atom. The average molecular weight is 465 g/mol. The molecule has 0 radical (unpaired) electrons. The third-order valence-electron chi connectivity index (χ3n) is 5.51. The van der Waals surface area contributed by atoms with Gasteiger partial charge in [0.05, 0.1) is 30.4 Å². The molecule has 6 nitrogen and oxygen atoms in total. The topological polar surface area (TPSA) is 81.5 Å². The summed E-state index contributed by atoms with van der Waals surface area (Å²) in [5.74, 6) is 0.282. The van der Waals surface area contributed by atoms with Gasteiger partial charge >= 0.3 is 5.97 Å². The van der Waals surface area contributed by atoms with E-state index in [1.165, 1.54) is 25.3 Å². The monoisotopic (exact) mass is 464 g/mol. The highest BCUT2D eigenvalue weighted by molar-refractivity contribution is 5.67. The van der Waals surface area contributed by atoms with E-state index in [0.29, 0.717) is 34.9 Å². The Bertz CT molecular complexity index is 1140. The van der Waals surface area contributed by atoms with Gasteiger partial charge in [0.2, 0.25) is 0 Å². The smallest absolute Gasteiger partial charge is 0.303 e. The molecule has 0 aliphatic heterocycles. The van der Waals surface area contributed by atoms with Crippen molar-refractivity contribution in [1.82, 2.24) is 9.97 Å². The minimum atomic E-state index is -0.832. The lowest BCUT2D eigenvalue weighted by Gasteiger charge is -2.12. The van der Waals surface area contributed by atoms with Gasteiger partial charge in [-0.2, -0.15) is 0 Å². The fourth-order valence-electron chi connectivity index (χ4n) is 3.37. The second kappa shape index (κ2) is 11.1. The van der Waals surface area contributed by atoms with Crippen LogP contribution in [0.5, 0.6) is 11.5 Å². The number of aliphatic carboxylic acids is 1. The molecule has 0 spiro atoms. The standard InChI is InChI=1S/C24H23FN2O4.C3H6/c1-30-18-8-9-21(25)20(12-18)24-23(16-6-7-16)27-17(13-26-24)14-31-19-4-2-3-15(11-19)5-10-22(28)29;1-2-3-1/h2-4,8-9,11-13,16H,5-7,10,14H2,1H3,(H,28,29);1-3H2. The fourth-order valence-corrected chi connectivity index (χ4v) is 3.37. The summed E-state index contributed by atoms with van der Waals surface area (Å²) in [6.45, 7) is 0.218. The van der Waals surface area contributed by atoms with Gasteiger partial charge in [-0.3, -0.25) is 14.8 Å². The summed E-state index contributed by atoms with van der Waals surface area (Å²) in [7, 11) is 1.54. The maximum atomic E-state index is 14.5. The Hall–Kier alpha value is -3.48. The molecule has 2 fully saturated rings. The van der Waals surface area contributed by atoms with Gasteiger partial charge in [0, 0.05) is 17.9 Å². The van der Waals surface area contributed by atoms with Crippen molar-refractivity contribution in [3.8, 4) is 22.8 Å². The minimum Gasteiger partial charge on any atom is -0.497 e. The number of benzene rings is 2. The van der Waals surface area contributed by atoms with Crippen LogP contribution in [0.4, 0.5) is 4.39 Å². The second-order valence-electron chi connectivity index (χ2n) is 8.61. The van der Waals surface area contributed by atoms with Crippen LogP contribution < -0.4 is 9.47 Å². The van der Waals surface area contributed by atoms with Gasteiger partial charge in [0.25, 0.3) is 0 Å². The van der Waals surface area contributed by atoms with E-state index in [0.717, 1.165) is 24.1 Å². The molecule has 0 unspecified atom stereocenters. The van der Waals surface area contributed by atoms with Crippen molar-refractivity contribution < 1.29 is 23.8 Å². The molecular weight excluding hydrogens is 435 g/mol. The van der Waals surface area contributed by atoms with E-state index < -0.39 is 5.97 Å². The molecule has 1 aromatic heterocycles. The molecule has 178 valence electrons. The Labute approximate surface area is 198 Å². The Morgan fingerprint density at radius 1 is 1.12 bits per heavy atom. The first-order valence-electron chi connectivity index (χ1n) is 11.7. The number of carbonyl (C=O) groups is 1. The van der Waals surface area contributed by atoms with Crippen LogP contribution in [-0.4, -0.2) is 28.2 Å². The van der Waals surface area contributed by atoms with Crippen LogP contribution in [0, 0.1) is 5.82 Å². The van der Waals surface area contributed by atoms with Crippen molar-refractivity contribution in [3.05, 3.63) is 71.4 Å². The van der Waals surface area contributed by atoms with Gasteiger partial charge in [-0.25, -0.2) is 4.39 Å². The third-order valence-corrected chi connectivity index (χ3v) is 5.51. The van der Waals surface area contributed by atoms with E-state index in [1.54, 1.807) is 25.4 Å². The van der Waals surface area contributed by atoms with E-state index in [-0.39, 0.29) is 24.8 Å². The lowest BCUT2D eigenvalue weighted by atomic mass is 10.1. The zero-order valence-electron chi connectivity index (χ0n) is 19.3. The van der Waals surface area contributed by atoms with Gasteiger partial charge in [-0.1, -0.05) is 31.4 Å². The lowest BCUT2D eigenvalue weighted by Crippen LogP contribution is -2.05. The van der Waals surface area contributed by atoms with Crippen LogP contribution in [-0.2, 0) is 17.8 Å². The molecule has 5 rings (SSSR count). The van der Waals surface area contributed by atoms with Crippen molar-refractivity contribution >= 4 is 5.97 Å². The van der Waals surface area contributed by atoms with Crippen LogP contribution in [0.2, 0.25) is 0 Å². The summed E-state index contributed by atoms with van der Waals surface area (Å²) >= 11 is 0. The third kappa shape index (κ3) is 6.76. The summed E-state index contributed by atoms with van der Waals surface area (Å²) in [6.07, 6.45) is 8.63. The number of rotatable bonds is 9. The first-order valence-corrected chi connectivity index (χ1v) is 11.7. The van der Waals surface area contributed by atoms with Crippen molar-refractivity contribution in [2.24, 2.45) is 0 Å². The Morgan fingerprint density at radius 2 is 1.91 bits per heavy atom. The molecule has 2 saturated carbocycles. The first-order chi connectivity index (χ1) is 16.5. The number of ether oxygens (including phenoxy) is 2. The molecule has 0 amide bonds. The van der Waals surface area contributed by atoms with Crippen LogP contribution in [0.3, 0.4) is 0 Å². The van der Waals surface area contributed by atoms with Gasteiger partial charge in [0.15, 0.2) is 0 Å². The highest BCUT2D eigenvalue weighted by atomic mass is 19.1. The quantitative estimate of drug-likeness (QED) is 0.422. The normalized spacial score (nSPS) is 14.1. The number of aromatic nitrogens is 2. The van der Waals surface area contributed by atoms with Gasteiger partial charge < -0.3 is 14.6 Å². The number of carboxylic acid groups (broad SMARTS) is 1. The molecule has 0 atom stereocenters. The van der Waals surface area contributed by atoms with Gasteiger partial charge in [0.1, 0.15) is 23.9 Å². The van der Waals surface area contributed by atoms with E-state index in [1.807, 2.05) is 24.3 Å². The zero-order chi connectivity index (χ0) is 23.9. The molecular formula is C27H29FN2O4. The van der Waals surface area contributed by atoms with Crippen LogP contribution in [0.1, 0.15) is 61.4 Å². The van der Waals surface area contributed by atoms with Crippen LogP contribution in [0.25, 0.3) is 11.3 Å². The first kappa shape index (κ1) is 23.7. The molecule has 0 bridgehead atoms. The van der Waals surface area contributed by atoms with Crippen LogP contribution in [0.15, 0.2) is 48.7 Å². The van der Waals surface area contributed by atoms with Crippen molar-refractivity contribution in [2.75, 3.05) is 7.11 Å². The maximum absolute atomic E-state index is 14.5. The average Bonchev–Trinajstić information content (AvgIpc) is 3.73. The van der Waals surface area contributed by atoms with Crippen LogP contribution >= 0.6 is 0 Å². The van der Waals surface area contributed by atoms with Gasteiger partial charge in [-0.05, 0) is 55.2 Å². The molecule has 2 aromatic carbocycles. The number of halogens is 1. The second-order valence-corrected chi connectivity index (χ2v) is 8.61. The van der Waals surface area contributed by atoms with Crippen molar-refractivity contribution in [1.29, 1.82) is 0 Å². The highest BCUT2D eigenvalue weighted by Crippen LogP contribution is 2.43. The summed E-state index contributed by atoms with van der Waals surface area (Å²) < 4.78 is 25.6. The van der Waals surface area contributed by atoms with E-state index in [4.69, 9.17) is 19.6 Å². The molecule has 1 heterocycles. The predicted octanol–water partition coefficient (Wildman–Crippen LogP) is 5.94. The lowest BCUT2D eigenvalue weighted by molar-refractivity contribution is -0.136. The number of aryl methyl sites for hydroxylation is 1. The SMILES string of the molecule is C1CC1.COc1ccc(F)c(-c2ncc(COc3cccc(CCC(=O)O)c3)nc2C2CC2)c1. The Kier molecular flexibility index (Phi) is 7.72. The fraction of sp³-hybridized carbons (Fsp3) is 0.370. The summed E-state index contributed by atoms with van der Waals surface area (Å²) in [6, 6.07) is 12.0. The number of carboxylic acids is 1. The maximum Gasteiger partial charge on any atom is 0.303 e. The van der Waals surface area contributed by atoms with Crippen molar-refractivity contribution in [2.45, 2.75) is 57.5 Å². The summed E-state index contributed by atoms with van der Waals surface area (Å²) in [5, 5.41) is 8.85. The number of hydrogen-bond acceptors (Lipinski definition) is 5. The van der Waals surface area contributed by atoms with Gasteiger partial charge in [-0.15, -0.1) is 0 Å². The zero-order valence-corrected chi connectivity index (χ0v) is 19.3. The highest BCUT2D eigenvalue weighted by Gasteiger charge is 2.30. The van der Waals surface area contributed by atoms with E-state index >= 15 is 0 Å².